The molecule has 10 atom stereocenters. The van der Waals surface area contributed by atoms with Crippen LogP contribution in [0.2, 0.25) is 0 Å². The molecule has 6 heterocycles. The van der Waals surface area contributed by atoms with Gasteiger partial charge in [-0.2, -0.15) is 0 Å². The average molecular weight is 1210 g/mol. The van der Waals surface area contributed by atoms with Gasteiger partial charge in [0.2, 0.25) is 11.8 Å². The number of carbonyl (C=O) groups is 4. The van der Waals surface area contributed by atoms with E-state index in [1.165, 1.54) is 29.8 Å². The highest BCUT2D eigenvalue weighted by Crippen LogP contribution is 2.50. The lowest BCUT2D eigenvalue weighted by Crippen LogP contribution is -2.50. The molecule has 4 aromatic heterocycles. The minimum absolute atomic E-state index is 0.0299. The molecule has 436 valence electrons. The maximum atomic E-state index is 16.3. The number of aliphatic hydroxyl groups excluding tert-OH is 1. The molecule has 0 bridgehead atoms. The number of benzene rings is 2. The third-order valence-corrected chi connectivity index (χ3v) is 15.9. The number of halogens is 2. The van der Waals surface area contributed by atoms with Crippen molar-refractivity contribution in [2.75, 3.05) is 44.1 Å². The molecule has 2 fully saturated rings. The normalized spacial score (nSPS) is 22.8. The summed E-state index contributed by atoms with van der Waals surface area (Å²) < 4.78 is 79.2. The van der Waals surface area contributed by atoms with Crippen LogP contribution in [0.15, 0.2) is 78.5 Å². The van der Waals surface area contributed by atoms with Gasteiger partial charge in [0.15, 0.2) is 40.8 Å². The highest BCUT2D eigenvalue weighted by atomic mass is 32.7. The molecule has 0 saturated carbocycles. The highest BCUT2D eigenvalue weighted by molar-refractivity contribution is 8.44. The van der Waals surface area contributed by atoms with Crippen molar-refractivity contribution in [1.29, 1.82) is 0 Å². The van der Waals surface area contributed by atoms with Crippen LogP contribution in [0, 0.1) is 17.7 Å². The molecule has 2 aliphatic rings. The molecule has 4 amide bonds. The number of nitrogens with one attached hydrogen (secondary N) is 4. The van der Waals surface area contributed by atoms with E-state index in [-0.39, 0.29) is 59.1 Å². The maximum Gasteiger partial charge on any atom is 0.410 e. The number of fused-ring (bicyclic) bond motifs is 2. The number of thiol groups is 1. The number of hydrogen-bond acceptors (Lipinski definition) is 18. The minimum atomic E-state index is -4.36. The summed E-state index contributed by atoms with van der Waals surface area (Å²) in [5.41, 5.74) is -1.08. The lowest BCUT2D eigenvalue weighted by Gasteiger charge is -2.34. The summed E-state index contributed by atoms with van der Waals surface area (Å²) in [6.45, 7) is -4.13. The molecule has 26 nitrogen and oxygen atoms in total. The van der Waals surface area contributed by atoms with Gasteiger partial charge in [0.25, 0.3) is 11.5 Å². The maximum absolute atomic E-state index is 16.3. The Morgan fingerprint density at radius 2 is 1.75 bits per heavy atom. The number of anilines is 2. The van der Waals surface area contributed by atoms with Crippen LogP contribution in [0.3, 0.4) is 0 Å². The third kappa shape index (κ3) is 14.2. The zero-order valence-electron chi connectivity index (χ0n) is 44.1. The summed E-state index contributed by atoms with van der Waals surface area (Å²) in [7, 11) is 1.50. The molecule has 7 N–H and O–H groups in total. The van der Waals surface area contributed by atoms with Crippen molar-refractivity contribution in [2.24, 2.45) is 11.8 Å². The number of ether oxygens (including phenoxy) is 3. The fraction of sp³-hybridized carbons (Fsp3) is 0.449. The quantitative estimate of drug-likeness (QED) is 0.0301. The number of imidazole rings is 1. The summed E-state index contributed by atoms with van der Waals surface area (Å²) in [6.07, 6.45) is -2.96. The van der Waals surface area contributed by atoms with Gasteiger partial charge in [-0.15, -0.1) is 0 Å². The van der Waals surface area contributed by atoms with Crippen LogP contribution < -0.4 is 21.5 Å². The van der Waals surface area contributed by atoms with Gasteiger partial charge < -0.3 is 68.6 Å². The second-order valence-electron chi connectivity index (χ2n) is 19.7. The molecule has 8 rings (SSSR count). The first-order valence-electron chi connectivity index (χ1n) is 25.2. The van der Waals surface area contributed by atoms with E-state index in [2.05, 4.69) is 53.1 Å². The second-order valence-corrected chi connectivity index (χ2v) is 25.3. The number of H-pyrrole nitrogens is 1. The molecule has 2 aliphatic heterocycles. The second kappa shape index (κ2) is 25.6. The monoisotopic (exact) mass is 1210 g/mol. The summed E-state index contributed by atoms with van der Waals surface area (Å²) in [5.74, 6) is -2.99. The number of aliphatic hydroxyl groups is 1. The molecule has 0 spiro atoms. The molecule has 2 aromatic carbocycles. The van der Waals surface area contributed by atoms with Gasteiger partial charge in [-0.05, 0) is 53.5 Å². The smallest absolute Gasteiger partial charge is 0.410 e. The lowest BCUT2D eigenvalue weighted by molar-refractivity contribution is -0.127. The van der Waals surface area contributed by atoms with Crippen LogP contribution in [-0.4, -0.2) is 142 Å². The topological polar surface area (TPSA) is 335 Å². The molecule has 3 unspecified atom stereocenters. The van der Waals surface area contributed by atoms with Crippen molar-refractivity contribution in [2.45, 2.75) is 96.0 Å². The lowest BCUT2D eigenvalue weighted by atomic mass is 9.93. The van der Waals surface area contributed by atoms with E-state index >= 15 is 8.78 Å². The summed E-state index contributed by atoms with van der Waals surface area (Å²) in [5, 5.41) is 19.4. The van der Waals surface area contributed by atoms with E-state index in [1.807, 2.05) is 13.8 Å². The van der Waals surface area contributed by atoms with Crippen LogP contribution >= 0.6 is 25.8 Å². The van der Waals surface area contributed by atoms with Gasteiger partial charge in [0.05, 0.1) is 45.2 Å². The standard InChI is InChI=1S/C49H59F2N11O15P2S2/c1-6-33(58-36(63)15-26(2)3)45(66)57-30-13-11-28(12-14-30)18-72-48(68)60(5)16-29-9-7-8-10-31(29)44(65)59-41-39-43(54-23-52-41)61(25-56-39)47-38(51)27(4)34(77-47)19-75-79(71,81)76-22-49(21-73-35(40(49)64)20-74-78(69,70)80)62-17-32(50)37-42(62)53-24-55-46(37)67/h7-14,17,23-27,33-35,38,40,47,64H,6,15-16,18-22H2,1-5H3,(H,57,66)(H,58,63)(H,71,81)(H,53,55,67)(H2,69,70,80)(H,52,54,59,65)/t27-,33?,34-,35-,38-,40-,47-,49+,79?/m1/s1. The predicted molar refractivity (Wildman–Crippen MR) is 293 cm³/mol. The average Bonchev–Trinajstić information content (AvgIpc) is 4.39. The fourth-order valence-electron chi connectivity index (χ4n) is 9.16. The Hall–Kier alpha value is -6.14. The van der Waals surface area contributed by atoms with Gasteiger partial charge in [-0.3, -0.25) is 28.3 Å². The number of amides is 4. The van der Waals surface area contributed by atoms with Crippen molar-refractivity contribution in [1.82, 2.24) is 44.3 Å². The Morgan fingerprint density at radius 1 is 1.02 bits per heavy atom. The van der Waals surface area contributed by atoms with Crippen molar-refractivity contribution in [3.63, 3.8) is 0 Å². The summed E-state index contributed by atoms with van der Waals surface area (Å²) in [6, 6.07) is 12.5. The first kappa shape index (κ1) is 60.9. The van der Waals surface area contributed by atoms with Crippen molar-refractivity contribution < 1.29 is 75.2 Å². The number of hydrogen-bond donors (Lipinski definition) is 8. The van der Waals surface area contributed by atoms with E-state index in [1.54, 1.807) is 55.5 Å². The van der Waals surface area contributed by atoms with Crippen LogP contribution in [0.1, 0.15) is 68.2 Å². The van der Waals surface area contributed by atoms with E-state index in [9.17, 15) is 43.4 Å². The van der Waals surface area contributed by atoms with E-state index in [4.69, 9.17) is 39.6 Å². The van der Waals surface area contributed by atoms with Gasteiger partial charge in [0, 0.05) is 43.4 Å². The SMILES string of the molecule is CCC(NC(=O)CC(C)C)C(=O)Nc1ccc(COC(=O)N(C)Cc2ccccc2C(=O)Nc2ncnc3c2ncn3[C@@H]2O[C@H](COP(O)(=S)OC[C@@]3(n4cc(F)c5c(=O)[nH]cnc54)CO[C@H](COP(=O)(O)S)[C@H]3O)[C@@H](C)[C@H]2F)cc1. The zero-order valence-corrected chi connectivity index (χ0v) is 47.6. The number of nitrogens with zero attached hydrogens (tertiary/aromatic N) is 7. The Morgan fingerprint density at radius 3 is 2.47 bits per heavy atom. The van der Waals surface area contributed by atoms with Gasteiger partial charge in [0.1, 0.15) is 42.1 Å². The van der Waals surface area contributed by atoms with Crippen LogP contribution in [0.25, 0.3) is 22.2 Å². The number of aromatic amines is 1. The molecular weight excluding hydrogens is 1150 g/mol. The highest BCUT2D eigenvalue weighted by Gasteiger charge is 2.53. The predicted octanol–water partition coefficient (Wildman–Crippen LogP) is 5.23. The number of aromatic nitrogens is 7. The third-order valence-electron chi connectivity index (χ3n) is 13.5. The van der Waals surface area contributed by atoms with Gasteiger partial charge in [-0.25, -0.2) is 38.1 Å². The molecule has 0 aliphatic carbocycles. The van der Waals surface area contributed by atoms with E-state index in [0.29, 0.717) is 29.7 Å². The first-order chi connectivity index (χ1) is 38.4. The van der Waals surface area contributed by atoms with Crippen LogP contribution in [-0.2, 0) is 72.4 Å². The van der Waals surface area contributed by atoms with E-state index < -0.39 is 117 Å². The largest absolute Gasteiger partial charge is 0.445 e. The fourth-order valence-corrected chi connectivity index (χ4v) is 10.8. The van der Waals surface area contributed by atoms with Gasteiger partial charge in [-0.1, -0.05) is 70.3 Å². The Labute approximate surface area is 471 Å². The summed E-state index contributed by atoms with van der Waals surface area (Å²) in [4.78, 5) is 106. The summed E-state index contributed by atoms with van der Waals surface area (Å²) >= 11 is 8.79. The Kier molecular flexibility index (Phi) is 19.2. The van der Waals surface area contributed by atoms with Crippen LogP contribution in [0.5, 0.6) is 0 Å². The molecule has 0 radical (unpaired) electrons. The molecule has 2 saturated heterocycles. The Balaban J connectivity index is 0.870. The van der Waals surface area contributed by atoms with E-state index in [0.717, 1.165) is 23.4 Å². The van der Waals surface area contributed by atoms with Gasteiger partial charge >= 0.3 is 19.6 Å². The van der Waals surface area contributed by atoms with Crippen molar-refractivity contribution in [3.8, 4) is 0 Å². The number of alkyl halides is 1. The Bertz CT molecular complexity index is 3450. The van der Waals surface area contributed by atoms with Crippen molar-refractivity contribution in [3.05, 3.63) is 107 Å². The zero-order chi connectivity index (χ0) is 58.6. The molecule has 6 aromatic rings. The van der Waals surface area contributed by atoms with Crippen molar-refractivity contribution >= 4 is 95.1 Å². The molecule has 81 heavy (non-hydrogen) atoms. The first-order valence-corrected chi connectivity index (χ1v) is 30.5. The molecule has 32 heteroatoms. The number of rotatable bonds is 23. The van der Waals surface area contributed by atoms with Crippen LogP contribution in [0.4, 0.5) is 25.1 Å². The minimum Gasteiger partial charge on any atom is -0.445 e. The molecular formula is C49H59F2N11O15P2S2. The number of carbonyl (C=O) groups excluding carboxylic acids is 4.